The molecule has 0 aromatic carbocycles. The molecule has 2 nitrogen and oxygen atoms in total. The number of unbranched alkanes of at least 4 members (excludes halogenated alkanes) is 2. The Morgan fingerprint density at radius 2 is 1.50 bits per heavy atom. The molecule has 0 saturated carbocycles. The lowest BCUT2D eigenvalue weighted by atomic mass is 9.98. The van der Waals surface area contributed by atoms with Crippen LogP contribution in [0.1, 0.15) is 115 Å². The van der Waals surface area contributed by atoms with E-state index in [-0.39, 0.29) is 11.5 Å². The largest absolute Gasteiger partial charge is 0.367 e. The maximum Gasteiger partial charge on any atom is 0.122 e. The Bertz CT molecular complexity index is 712. The van der Waals surface area contributed by atoms with E-state index >= 15 is 0 Å². The normalized spacial score (nSPS) is 12.8. The summed E-state index contributed by atoms with van der Waals surface area (Å²) in [6.45, 7) is 37.0. The lowest BCUT2D eigenvalue weighted by Gasteiger charge is -2.25. The first-order valence-corrected chi connectivity index (χ1v) is 16.0. The summed E-state index contributed by atoms with van der Waals surface area (Å²) in [6, 6.07) is 0. The summed E-state index contributed by atoms with van der Waals surface area (Å²) in [6.07, 6.45) is 19.8. The predicted octanol–water partition coefficient (Wildman–Crippen LogP) is 12.8. The van der Waals surface area contributed by atoms with Crippen molar-refractivity contribution in [3.8, 4) is 0 Å². The maximum atomic E-state index is 9.50. The molecular weight excluding hydrogens is 532 g/mol. The number of thioether (sulfide) groups is 1. The van der Waals surface area contributed by atoms with Crippen LogP contribution in [0, 0.1) is 5.92 Å². The Labute approximate surface area is 260 Å². The summed E-state index contributed by atoms with van der Waals surface area (Å²) >= 11 is 7.93. The van der Waals surface area contributed by atoms with Gasteiger partial charge in [-0.3, -0.25) is 0 Å². The molecule has 1 atom stereocenters. The van der Waals surface area contributed by atoms with Crippen LogP contribution in [-0.2, 0) is 9.53 Å². The highest BCUT2D eigenvalue weighted by atomic mass is 35.5. The topological polar surface area (TPSA) is 26.3 Å². The molecule has 0 fully saturated rings. The molecule has 0 aromatic heterocycles. The highest BCUT2D eigenvalue weighted by Gasteiger charge is 2.19. The Morgan fingerprint density at radius 3 is 1.85 bits per heavy atom. The fourth-order valence-electron chi connectivity index (χ4n) is 2.44. The molecule has 0 aliphatic rings. The summed E-state index contributed by atoms with van der Waals surface area (Å²) in [4.78, 5) is 10.9. The van der Waals surface area contributed by atoms with Gasteiger partial charge in [0.25, 0.3) is 0 Å². The summed E-state index contributed by atoms with van der Waals surface area (Å²) < 4.78 is 5.72. The standard InChI is InChI=1S/C14H23ClS.C12H22O.C4H8O.C4H8.C2H4/c1-6-8-9-16-13(5)12(4)11(3)10-14(15)7-2;1-5-8-10-12(4,9-6-2)13-11-7-3;1-4(2)3-5;1-3-4-2;1-2/h10H,3,6-9H2,1-2,4-5H3;6-7,9H,3,5,8,10-11H2,1-2,4H3;3-4H,1-2H3;3-4H,1-2H3;1-2H2/b13-12-,14-10+;9-6+;;4-3-;. The Balaban J connectivity index is -0.000000151. The van der Waals surface area contributed by atoms with Crippen molar-refractivity contribution < 1.29 is 9.53 Å². The molecule has 0 spiro atoms. The molecule has 4 heteroatoms. The first-order chi connectivity index (χ1) is 18.9. The van der Waals surface area contributed by atoms with Gasteiger partial charge < -0.3 is 9.53 Å². The van der Waals surface area contributed by atoms with Crippen LogP contribution in [0.3, 0.4) is 0 Å². The second kappa shape index (κ2) is 37.5. The van der Waals surface area contributed by atoms with E-state index in [0.717, 1.165) is 29.7 Å². The van der Waals surface area contributed by atoms with Gasteiger partial charge in [-0.05, 0) is 88.7 Å². The van der Waals surface area contributed by atoms with Gasteiger partial charge in [-0.25, -0.2) is 0 Å². The number of carbonyl (C=O) groups excluding carboxylic acids is 1. The van der Waals surface area contributed by atoms with E-state index < -0.39 is 0 Å². The number of hydrogen-bond donors (Lipinski definition) is 0. The molecule has 0 radical (unpaired) electrons. The molecule has 0 aromatic rings. The van der Waals surface area contributed by atoms with Gasteiger partial charge in [-0.15, -0.1) is 31.5 Å². The Morgan fingerprint density at radius 1 is 1.00 bits per heavy atom. The average molecular weight is 597 g/mol. The van der Waals surface area contributed by atoms with Crippen LogP contribution in [-0.4, -0.2) is 24.2 Å². The summed E-state index contributed by atoms with van der Waals surface area (Å²) in [5.41, 5.74) is 2.19. The van der Waals surface area contributed by atoms with Gasteiger partial charge in [0.15, 0.2) is 0 Å². The van der Waals surface area contributed by atoms with Crippen LogP contribution in [0.4, 0.5) is 0 Å². The molecule has 0 amide bonds. The zero-order chi connectivity index (χ0) is 32.4. The number of aldehydes is 1. The molecule has 0 N–H and O–H groups in total. The number of hydrogen-bond acceptors (Lipinski definition) is 3. The zero-order valence-corrected chi connectivity index (χ0v) is 29.8. The van der Waals surface area contributed by atoms with Crippen molar-refractivity contribution in [1.82, 2.24) is 0 Å². The highest BCUT2D eigenvalue weighted by Crippen LogP contribution is 2.26. The first-order valence-electron chi connectivity index (χ1n) is 14.7. The van der Waals surface area contributed by atoms with Crippen molar-refractivity contribution in [3.05, 3.63) is 83.9 Å². The Hall–Kier alpha value is -1.55. The van der Waals surface area contributed by atoms with Crippen LogP contribution >= 0.6 is 23.4 Å². The van der Waals surface area contributed by atoms with E-state index in [0.29, 0.717) is 6.61 Å². The monoisotopic (exact) mass is 596 g/mol. The number of ether oxygens (including phenoxy) is 1. The maximum absolute atomic E-state index is 9.50. The van der Waals surface area contributed by atoms with Gasteiger partial charge in [-0.2, -0.15) is 0 Å². The van der Waals surface area contributed by atoms with Crippen molar-refractivity contribution in [1.29, 1.82) is 0 Å². The molecule has 0 saturated heterocycles. The van der Waals surface area contributed by atoms with E-state index in [1.807, 2.05) is 71.5 Å². The number of halogens is 1. The van der Waals surface area contributed by atoms with Crippen molar-refractivity contribution in [2.24, 2.45) is 5.92 Å². The summed E-state index contributed by atoms with van der Waals surface area (Å²) in [7, 11) is 0. The van der Waals surface area contributed by atoms with E-state index in [1.165, 1.54) is 41.9 Å². The minimum absolute atomic E-state index is 0.0983. The molecule has 0 rings (SSSR count). The highest BCUT2D eigenvalue weighted by molar-refractivity contribution is 8.03. The SMILES string of the molecule is C/C=C\C.C=C.C=C(/C=C(/Cl)CC)/C(C)=C(/C)SCCCC.C=CCOC(C)(/C=C/C)CCCC.CC(C)C=O. The molecule has 0 aliphatic heterocycles. The third-order valence-corrected chi connectivity index (χ3v) is 6.79. The molecule has 0 heterocycles. The van der Waals surface area contributed by atoms with Crippen molar-refractivity contribution in [2.45, 2.75) is 120 Å². The average Bonchev–Trinajstić information content (AvgIpc) is 2.96. The summed E-state index contributed by atoms with van der Waals surface area (Å²) in [5.74, 6) is 1.40. The third-order valence-electron chi connectivity index (χ3n) is 5.18. The lowest BCUT2D eigenvalue weighted by molar-refractivity contribution is -0.110. The summed E-state index contributed by atoms with van der Waals surface area (Å²) in [5, 5.41) is 0.871. The Kier molecular flexibility index (Phi) is 45.1. The minimum atomic E-state index is -0.0983. The van der Waals surface area contributed by atoms with Gasteiger partial charge in [0.05, 0.1) is 12.2 Å². The van der Waals surface area contributed by atoms with E-state index in [1.54, 1.807) is 6.08 Å². The third kappa shape index (κ3) is 38.6. The van der Waals surface area contributed by atoms with Crippen LogP contribution < -0.4 is 0 Å². The van der Waals surface area contributed by atoms with E-state index in [9.17, 15) is 4.79 Å². The van der Waals surface area contributed by atoms with Crippen molar-refractivity contribution in [3.63, 3.8) is 0 Å². The second-order valence-electron chi connectivity index (χ2n) is 9.42. The van der Waals surface area contributed by atoms with Gasteiger partial charge in [0, 0.05) is 11.0 Å². The van der Waals surface area contributed by atoms with E-state index in [2.05, 4.69) is 73.1 Å². The van der Waals surface area contributed by atoms with Gasteiger partial charge in [0.2, 0.25) is 0 Å². The predicted molar refractivity (Wildman–Crippen MR) is 191 cm³/mol. The minimum Gasteiger partial charge on any atom is -0.367 e. The first kappa shape index (κ1) is 48.2. The second-order valence-corrected chi connectivity index (χ2v) is 11.2. The zero-order valence-electron chi connectivity index (χ0n) is 28.2. The number of allylic oxidation sites excluding steroid dienone is 8. The molecule has 0 aliphatic carbocycles. The lowest BCUT2D eigenvalue weighted by Crippen LogP contribution is -2.26. The van der Waals surface area contributed by atoms with Gasteiger partial charge in [-0.1, -0.05) is 102 Å². The fraction of sp³-hybridized carbons (Fsp3) is 0.583. The van der Waals surface area contributed by atoms with Gasteiger partial charge in [0.1, 0.15) is 6.29 Å². The van der Waals surface area contributed by atoms with Crippen molar-refractivity contribution >= 4 is 29.6 Å². The molecule has 234 valence electrons. The quantitative estimate of drug-likeness (QED) is 0.0813. The molecule has 40 heavy (non-hydrogen) atoms. The van der Waals surface area contributed by atoms with Crippen LogP contribution in [0.5, 0.6) is 0 Å². The molecule has 0 bridgehead atoms. The number of rotatable bonds is 15. The van der Waals surface area contributed by atoms with Crippen LogP contribution in [0.2, 0.25) is 0 Å². The van der Waals surface area contributed by atoms with E-state index in [4.69, 9.17) is 16.3 Å². The number of carbonyl (C=O) groups is 1. The van der Waals surface area contributed by atoms with Crippen LogP contribution in [0.15, 0.2) is 83.9 Å². The van der Waals surface area contributed by atoms with Crippen molar-refractivity contribution in [2.75, 3.05) is 12.4 Å². The molecule has 1 unspecified atom stereocenters. The van der Waals surface area contributed by atoms with Crippen LogP contribution in [0.25, 0.3) is 0 Å². The fourth-order valence-corrected chi connectivity index (χ4v) is 3.66. The smallest absolute Gasteiger partial charge is 0.122 e. The molecular formula is C36H65ClO2S. The van der Waals surface area contributed by atoms with Gasteiger partial charge >= 0.3 is 0 Å².